The topological polar surface area (TPSA) is 12.0 Å². The number of hydrogen-bond acceptors (Lipinski definition) is 1. The highest BCUT2D eigenvalue weighted by atomic mass is 35.5. The van der Waals surface area contributed by atoms with Gasteiger partial charge in [0.15, 0.2) is 0 Å². The summed E-state index contributed by atoms with van der Waals surface area (Å²) >= 11 is 6.09. The second-order valence-electron chi connectivity index (χ2n) is 3.97. The average Bonchev–Trinajstić information content (AvgIpc) is 2.28. The summed E-state index contributed by atoms with van der Waals surface area (Å²) in [5.74, 6) is -0.223. The Morgan fingerprint density at radius 3 is 2.71 bits per heavy atom. The Kier molecular flexibility index (Phi) is 3.64. The second-order valence-corrected chi connectivity index (χ2v) is 4.37. The first-order chi connectivity index (χ1) is 8.15. The first-order valence-electron chi connectivity index (χ1n) is 5.39. The van der Waals surface area contributed by atoms with E-state index in [1.54, 1.807) is 6.07 Å². The predicted molar refractivity (Wildman–Crippen MR) is 69.9 cm³/mol. The number of nitrogens with one attached hydrogen (secondary N) is 1. The van der Waals surface area contributed by atoms with Crippen molar-refractivity contribution in [3.63, 3.8) is 0 Å². The molecule has 2 aromatic rings. The number of benzene rings is 2. The first-order valence-corrected chi connectivity index (χ1v) is 5.77. The largest absolute Gasteiger partial charge is 0.380 e. The van der Waals surface area contributed by atoms with E-state index in [0.29, 0.717) is 11.6 Å². The van der Waals surface area contributed by atoms with Crippen molar-refractivity contribution in [3.05, 3.63) is 64.4 Å². The summed E-state index contributed by atoms with van der Waals surface area (Å²) in [6.07, 6.45) is 0. The van der Waals surface area contributed by atoms with Crippen LogP contribution in [0.3, 0.4) is 0 Å². The summed E-state index contributed by atoms with van der Waals surface area (Å²) in [5, 5.41) is 3.87. The van der Waals surface area contributed by atoms with Gasteiger partial charge in [-0.05, 0) is 42.3 Å². The van der Waals surface area contributed by atoms with Crippen molar-refractivity contribution in [3.8, 4) is 0 Å². The highest BCUT2D eigenvalue weighted by Gasteiger charge is 2.00. The molecule has 0 spiro atoms. The molecule has 3 heteroatoms. The predicted octanol–water partition coefficient (Wildman–Crippen LogP) is 4.40. The molecule has 0 saturated heterocycles. The molecule has 1 N–H and O–H groups in total. The maximum atomic E-state index is 13.0. The van der Waals surface area contributed by atoms with E-state index in [1.807, 2.05) is 31.2 Å². The van der Waals surface area contributed by atoms with Gasteiger partial charge in [0.2, 0.25) is 0 Å². The van der Waals surface area contributed by atoms with Crippen molar-refractivity contribution in [1.82, 2.24) is 0 Å². The molecule has 2 rings (SSSR count). The summed E-state index contributed by atoms with van der Waals surface area (Å²) in [4.78, 5) is 0. The van der Waals surface area contributed by atoms with Crippen molar-refractivity contribution < 1.29 is 4.39 Å². The molecular formula is C14H13ClFN. The Morgan fingerprint density at radius 1 is 1.18 bits per heavy atom. The summed E-state index contributed by atoms with van der Waals surface area (Å²) in [5.41, 5.74) is 2.87. The third-order valence-corrected chi connectivity index (χ3v) is 2.81. The van der Waals surface area contributed by atoms with Gasteiger partial charge in [0.05, 0.1) is 10.7 Å². The van der Waals surface area contributed by atoms with Crippen molar-refractivity contribution in [2.45, 2.75) is 13.5 Å². The lowest BCUT2D eigenvalue weighted by Crippen LogP contribution is -2.00. The second kappa shape index (κ2) is 5.19. The SMILES string of the molecule is Cc1ccc(NCc2cccc(F)c2)c(Cl)c1. The maximum absolute atomic E-state index is 13.0. The van der Waals surface area contributed by atoms with Gasteiger partial charge in [-0.15, -0.1) is 0 Å². The fourth-order valence-electron chi connectivity index (χ4n) is 1.61. The van der Waals surface area contributed by atoms with Gasteiger partial charge in [-0.25, -0.2) is 4.39 Å². The van der Waals surface area contributed by atoms with E-state index >= 15 is 0 Å². The Balaban J connectivity index is 2.07. The van der Waals surface area contributed by atoms with Crippen molar-refractivity contribution in [1.29, 1.82) is 0 Å². The summed E-state index contributed by atoms with van der Waals surface area (Å²) < 4.78 is 13.0. The number of hydrogen-bond donors (Lipinski definition) is 1. The molecule has 2 aromatic carbocycles. The summed E-state index contributed by atoms with van der Waals surface area (Å²) in [6, 6.07) is 12.3. The van der Waals surface area contributed by atoms with E-state index in [4.69, 9.17) is 11.6 Å². The minimum absolute atomic E-state index is 0.223. The third kappa shape index (κ3) is 3.21. The molecule has 0 aliphatic heterocycles. The highest BCUT2D eigenvalue weighted by Crippen LogP contribution is 2.23. The molecule has 88 valence electrons. The molecule has 0 aliphatic rings. The zero-order valence-corrected chi connectivity index (χ0v) is 10.3. The van der Waals surface area contributed by atoms with E-state index in [9.17, 15) is 4.39 Å². The summed E-state index contributed by atoms with van der Waals surface area (Å²) in [6.45, 7) is 2.54. The minimum Gasteiger partial charge on any atom is -0.380 e. The van der Waals surface area contributed by atoms with Crippen LogP contribution in [0.25, 0.3) is 0 Å². The van der Waals surface area contributed by atoms with E-state index in [0.717, 1.165) is 16.8 Å². The van der Waals surface area contributed by atoms with E-state index in [1.165, 1.54) is 12.1 Å². The molecule has 0 amide bonds. The van der Waals surface area contributed by atoms with Crippen LogP contribution in [0, 0.1) is 12.7 Å². The van der Waals surface area contributed by atoms with Gasteiger partial charge in [-0.2, -0.15) is 0 Å². The van der Waals surface area contributed by atoms with E-state index < -0.39 is 0 Å². The third-order valence-electron chi connectivity index (χ3n) is 2.50. The molecule has 0 bridgehead atoms. The molecule has 0 saturated carbocycles. The Hall–Kier alpha value is -1.54. The molecule has 1 nitrogen and oxygen atoms in total. The van der Waals surface area contributed by atoms with Crippen LogP contribution < -0.4 is 5.32 Å². The molecule has 0 aromatic heterocycles. The number of rotatable bonds is 3. The lowest BCUT2D eigenvalue weighted by molar-refractivity contribution is 0.626. The van der Waals surface area contributed by atoms with Gasteiger partial charge < -0.3 is 5.32 Å². The lowest BCUT2D eigenvalue weighted by atomic mass is 10.2. The van der Waals surface area contributed by atoms with Gasteiger partial charge in [-0.1, -0.05) is 29.8 Å². The fraction of sp³-hybridized carbons (Fsp3) is 0.143. The van der Waals surface area contributed by atoms with Crippen molar-refractivity contribution >= 4 is 17.3 Å². The number of aryl methyl sites for hydroxylation is 1. The zero-order chi connectivity index (χ0) is 12.3. The van der Waals surface area contributed by atoms with Crippen LogP contribution in [-0.4, -0.2) is 0 Å². The maximum Gasteiger partial charge on any atom is 0.123 e. The summed E-state index contributed by atoms with van der Waals surface area (Å²) in [7, 11) is 0. The van der Waals surface area contributed by atoms with Crippen LogP contribution in [0.5, 0.6) is 0 Å². The van der Waals surface area contributed by atoms with Gasteiger partial charge in [-0.3, -0.25) is 0 Å². The first kappa shape index (κ1) is 11.9. The van der Waals surface area contributed by atoms with Crippen LogP contribution in [0.2, 0.25) is 5.02 Å². The van der Waals surface area contributed by atoms with E-state index in [-0.39, 0.29) is 5.82 Å². The molecule has 0 heterocycles. The molecule has 0 unspecified atom stereocenters. The number of halogens is 2. The zero-order valence-electron chi connectivity index (χ0n) is 9.50. The van der Waals surface area contributed by atoms with Gasteiger partial charge in [0.1, 0.15) is 5.82 Å². The molecule has 0 aliphatic carbocycles. The van der Waals surface area contributed by atoms with Gasteiger partial charge in [0, 0.05) is 6.54 Å². The lowest BCUT2D eigenvalue weighted by Gasteiger charge is -2.09. The Labute approximate surface area is 105 Å². The standard InChI is InChI=1S/C14H13ClFN/c1-10-5-6-14(13(15)7-10)17-9-11-3-2-4-12(16)8-11/h2-8,17H,9H2,1H3. The molecule has 0 radical (unpaired) electrons. The van der Waals surface area contributed by atoms with Crippen molar-refractivity contribution in [2.24, 2.45) is 0 Å². The van der Waals surface area contributed by atoms with Gasteiger partial charge in [0.25, 0.3) is 0 Å². The molecule has 17 heavy (non-hydrogen) atoms. The normalized spacial score (nSPS) is 10.3. The van der Waals surface area contributed by atoms with Crippen LogP contribution in [-0.2, 0) is 6.54 Å². The van der Waals surface area contributed by atoms with Crippen LogP contribution in [0.4, 0.5) is 10.1 Å². The Bertz CT molecular complexity index is 525. The van der Waals surface area contributed by atoms with Crippen LogP contribution in [0.15, 0.2) is 42.5 Å². The number of anilines is 1. The molecule has 0 atom stereocenters. The van der Waals surface area contributed by atoms with Gasteiger partial charge >= 0.3 is 0 Å². The molecular weight excluding hydrogens is 237 g/mol. The smallest absolute Gasteiger partial charge is 0.123 e. The van der Waals surface area contributed by atoms with Crippen LogP contribution in [0.1, 0.15) is 11.1 Å². The minimum atomic E-state index is -0.223. The highest BCUT2D eigenvalue weighted by molar-refractivity contribution is 6.33. The monoisotopic (exact) mass is 249 g/mol. The quantitative estimate of drug-likeness (QED) is 0.850. The van der Waals surface area contributed by atoms with E-state index in [2.05, 4.69) is 5.32 Å². The molecule has 0 fully saturated rings. The van der Waals surface area contributed by atoms with Crippen LogP contribution >= 0.6 is 11.6 Å². The Morgan fingerprint density at radius 2 is 2.00 bits per heavy atom. The van der Waals surface area contributed by atoms with Crippen molar-refractivity contribution in [2.75, 3.05) is 5.32 Å². The average molecular weight is 250 g/mol. The fourth-order valence-corrected chi connectivity index (χ4v) is 1.91.